The summed E-state index contributed by atoms with van der Waals surface area (Å²) in [5.41, 5.74) is 0.0912. The molecule has 1 aromatic carbocycles. The maximum absolute atomic E-state index is 12.6. The van der Waals surface area contributed by atoms with Crippen molar-refractivity contribution < 1.29 is 18.3 Å². The Bertz CT molecular complexity index is 300. The third-order valence-corrected chi connectivity index (χ3v) is 1.43. The van der Waals surface area contributed by atoms with Gasteiger partial charge in [0.25, 0.3) is 0 Å². The number of carbonyl (C=O) groups is 1. The molecule has 0 N–H and O–H groups in total. The topological polar surface area (TPSA) is 26.3 Å². The van der Waals surface area contributed by atoms with E-state index in [4.69, 9.17) is 4.74 Å². The van der Waals surface area contributed by atoms with Gasteiger partial charge < -0.3 is 4.74 Å². The van der Waals surface area contributed by atoms with Crippen LogP contribution in [0.5, 0.6) is 5.75 Å². The van der Waals surface area contributed by atoms with E-state index in [0.717, 1.165) is 12.1 Å². The molecule has 0 spiro atoms. The normalized spacial score (nSPS) is 9.69. The quantitative estimate of drug-likeness (QED) is 0.672. The number of hydrogen-bond donors (Lipinski definition) is 0. The van der Waals surface area contributed by atoms with Crippen LogP contribution in [0.2, 0.25) is 0 Å². The lowest BCUT2D eigenvalue weighted by Crippen LogP contribution is -2.01. The van der Waals surface area contributed by atoms with Crippen LogP contribution in [0.1, 0.15) is 10.4 Å². The molecule has 0 saturated heterocycles. The van der Waals surface area contributed by atoms with Gasteiger partial charge in [0.05, 0.1) is 5.56 Å². The van der Waals surface area contributed by atoms with Gasteiger partial charge in [-0.05, 0) is 18.2 Å². The van der Waals surface area contributed by atoms with Crippen LogP contribution >= 0.6 is 0 Å². The molecule has 70 valence electrons. The SMILES string of the molecule is O=Cc1cc(F)ccc1OCCF. The van der Waals surface area contributed by atoms with E-state index in [0.29, 0.717) is 6.29 Å². The summed E-state index contributed by atoms with van der Waals surface area (Å²) in [7, 11) is 0. The highest BCUT2D eigenvalue weighted by Crippen LogP contribution is 2.17. The molecule has 1 aromatic rings. The lowest BCUT2D eigenvalue weighted by Gasteiger charge is -2.05. The van der Waals surface area contributed by atoms with Gasteiger partial charge in [0.2, 0.25) is 0 Å². The molecule has 0 radical (unpaired) electrons. The zero-order chi connectivity index (χ0) is 9.68. The van der Waals surface area contributed by atoms with E-state index in [9.17, 15) is 13.6 Å². The first-order valence-corrected chi connectivity index (χ1v) is 3.71. The fraction of sp³-hybridized carbons (Fsp3) is 0.222. The Kier molecular flexibility index (Phi) is 3.37. The number of benzene rings is 1. The van der Waals surface area contributed by atoms with E-state index in [1.807, 2.05) is 0 Å². The molecule has 0 bridgehead atoms. The minimum absolute atomic E-state index is 0.0912. The average Bonchev–Trinajstić information content (AvgIpc) is 2.16. The predicted octanol–water partition coefficient (Wildman–Crippen LogP) is 1.99. The molecule has 1 rings (SSSR count). The summed E-state index contributed by atoms with van der Waals surface area (Å²) in [6.07, 6.45) is 0.469. The van der Waals surface area contributed by atoms with Crippen molar-refractivity contribution >= 4 is 6.29 Å². The molecule has 13 heavy (non-hydrogen) atoms. The summed E-state index contributed by atoms with van der Waals surface area (Å²) in [5.74, 6) is -0.316. The summed E-state index contributed by atoms with van der Waals surface area (Å²) in [4.78, 5) is 10.4. The Morgan fingerprint density at radius 3 is 2.85 bits per heavy atom. The van der Waals surface area contributed by atoms with Gasteiger partial charge >= 0.3 is 0 Å². The smallest absolute Gasteiger partial charge is 0.153 e. The molecule has 0 atom stereocenters. The van der Waals surface area contributed by atoms with Crippen molar-refractivity contribution in [2.24, 2.45) is 0 Å². The molecule has 4 heteroatoms. The largest absolute Gasteiger partial charge is 0.490 e. The number of hydrogen-bond acceptors (Lipinski definition) is 2. The van der Waals surface area contributed by atoms with Gasteiger partial charge in [-0.25, -0.2) is 8.78 Å². The van der Waals surface area contributed by atoms with Crippen LogP contribution in [0.4, 0.5) is 8.78 Å². The number of ether oxygens (including phenoxy) is 1. The van der Waals surface area contributed by atoms with Crippen molar-refractivity contribution in [3.05, 3.63) is 29.6 Å². The van der Waals surface area contributed by atoms with Crippen molar-refractivity contribution in [2.45, 2.75) is 0 Å². The molecule has 0 aliphatic rings. The van der Waals surface area contributed by atoms with E-state index in [2.05, 4.69) is 0 Å². The van der Waals surface area contributed by atoms with Gasteiger partial charge in [0.15, 0.2) is 6.29 Å². The van der Waals surface area contributed by atoms with Crippen molar-refractivity contribution in [3.63, 3.8) is 0 Å². The Balaban J connectivity index is 2.86. The first kappa shape index (κ1) is 9.64. The maximum atomic E-state index is 12.6. The van der Waals surface area contributed by atoms with Gasteiger partial charge in [-0.15, -0.1) is 0 Å². The van der Waals surface area contributed by atoms with Gasteiger partial charge in [0.1, 0.15) is 24.8 Å². The fourth-order valence-electron chi connectivity index (χ4n) is 0.891. The number of aldehydes is 1. The van der Waals surface area contributed by atoms with Crippen molar-refractivity contribution in [1.29, 1.82) is 0 Å². The van der Waals surface area contributed by atoms with E-state index < -0.39 is 12.5 Å². The monoisotopic (exact) mass is 186 g/mol. The molecule has 0 aliphatic heterocycles. The Hall–Kier alpha value is -1.45. The highest BCUT2D eigenvalue weighted by Gasteiger charge is 2.03. The lowest BCUT2D eigenvalue weighted by molar-refractivity contribution is 0.111. The number of carbonyl (C=O) groups excluding carboxylic acids is 1. The highest BCUT2D eigenvalue weighted by molar-refractivity contribution is 5.79. The molecule has 0 aromatic heterocycles. The van der Waals surface area contributed by atoms with Crippen molar-refractivity contribution in [2.75, 3.05) is 13.3 Å². The van der Waals surface area contributed by atoms with E-state index in [-0.39, 0.29) is 17.9 Å². The standard InChI is InChI=1S/C9H8F2O2/c10-3-4-13-9-2-1-8(11)5-7(9)6-12/h1-2,5-6H,3-4H2. The molecule has 0 saturated carbocycles. The van der Waals surface area contributed by atoms with Crippen LogP contribution in [0.15, 0.2) is 18.2 Å². The summed E-state index contributed by atoms with van der Waals surface area (Å²) >= 11 is 0. The van der Waals surface area contributed by atoms with Crippen molar-refractivity contribution in [3.8, 4) is 5.75 Å². The lowest BCUT2D eigenvalue weighted by atomic mass is 10.2. The van der Waals surface area contributed by atoms with Crippen LogP contribution in [0, 0.1) is 5.82 Å². The third kappa shape index (κ3) is 2.50. The molecule has 0 heterocycles. The average molecular weight is 186 g/mol. The molecule has 0 fully saturated rings. The van der Waals surface area contributed by atoms with Crippen LogP contribution in [0.3, 0.4) is 0 Å². The Morgan fingerprint density at radius 1 is 1.46 bits per heavy atom. The van der Waals surface area contributed by atoms with Crippen LogP contribution < -0.4 is 4.74 Å². The molecular weight excluding hydrogens is 178 g/mol. The zero-order valence-electron chi connectivity index (χ0n) is 6.80. The van der Waals surface area contributed by atoms with Crippen molar-refractivity contribution in [1.82, 2.24) is 0 Å². The van der Waals surface area contributed by atoms with E-state index in [1.54, 1.807) is 0 Å². The second-order valence-corrected chi connectivity index (χ2v) is 2.34. The zero-order valence-corrected chi connectivity index (χ0v) is 6.80. The first-order chi connectivity index (χ1) is 6.27. The third-order valence-electron chi connectivity index (χ3n) is 1.43. The molecular formula is C9H8F2O2. The molecule has 0 amide bonds. The summed E-state index contributed by atoms with van der Waals surface area (Å²) in [5, 5.41) is 0. The fourth-order valence-corrected chi connectivity index (χ4v) is 0.891. The summed E-state index contributed by atoms with van der Waals surface area (Å²) in [6.45, 7) is -0.776. The van der Waals surface area contributed by atoms with Gasteiger partial charge in [-0.1, -0.05) is 0 Å². The predicted molar refractivity (Wildman–Crippen MR) is 43.3 cm³/mol. The molecule has 2 nitrogen and oxygen atoms in total. The Labute approximate surface area is 74.1 Å². The molecule has 0 aliphatic carbocycles. The Morgan fingerprint density at radius 2 is 2.23 bits per heavy atom. The first-order valence-electron chi connectivity index (χ1n) is 3.71. The molecule has 0 unspecified atom stereocenters. The maximum Gasteiger partial charge on any atom is 0.153 e. The second kappa shape index (κ2) is 4.54. The van der Waals surface area contributed by atoms with Crippen LogP contribution in [-0.2, 0) is 0 Å². The summed E-state index contributed by atoms with van der Waals surface area (Å²) < 4.78 is 29.1. The number of halogens is 2. The van der Waals surface area contributed by atoms with E-state index in [1.165, 1.54) is 6.07 Å². The van der Waals surface area contributed by atoms with Gasteiger partial charge in [0, 0.05) is 0 Å². The minimum Gasteiger partial charge on any atom is -0.490 e. The van der Waals surface area contributed by atoms with Gasteiger partial charge in [-0.2, -0.15) is 0 Å². The highest BCUT2D eigenvalue weighted by atomic mass is 19.1. The summed E-state index contributed by atoms with van der Waals surface area (Å²) in [6, 6.07) is 3.50. The number of rotatable bonds is 4. The van der Waals surface area contributed by atoms with E-state index >= 15 is 0 Å². The van der Waals surface area contributed by atoms with Crippen LogP contribution in [0.25, 0.3) is 0 Å². The van der Waals surface area contributed by atoms with Crippen LogP contribution in [-0.4, -0.2) is 19.6 Å². The minimum atomic E-state index is -0.643. The van der Waals surface area contributed by atoms with Gasteiger partial charge in [-0.3, -0.25) is 4.79 Å². The number of alkyl halides is 1. The second-order valence-electron chi connectivity index (χ2n) is 2.34.